The van der Waals surface area contributed by atoms with Gasteiger partial charge in [0.1, 0.15) is 0 Å². The largest absolute Gasteiger partial charge is 0.355 e. The van der Waals surface area contributed by atoms with Gasteiger partial charge >= 0.3 is 0 Å². The maximum absolute atomic E-state index is 4.34. The number of thioether (sulfide) groups is 1. The Bertz CT molecular complexity index is 452. The first-order valence-corrected chi connectivity index (χ1v) is 9.71. The Morgan fingerprint density at radius 2 is 1.71 bits per heavy atom. The zero-order valence-electron chi connectivity index (χ0n) is 15.6. The maximum Gasteiger partial charge on any atom is 0.191 e. The zero-order valence-corrected chi connectivity index (χ0v) is 18.7. The molecule has 1 rings (SSSR count). The van der Waals surface area contributed by atoms with Crippen LogP contribution in [0.2, 0.25) is 0 Å². The Morgan fingerprint density at radius 3 is 2.21 bits per heavy atom. The number of hydrogen-bond donors (Lipinski definition) is 2. The Hall–Kier alpha value is -0.470. The monoisotopic (exact) mass is 464 g/mol. The second kappa shape index (κ2) is 13.8. The van der Waals surface area contributed by atoms with Crippen molar-refractivity contribution in [3.63, 3.8) is 0 Å². The van der Waals surface area contributed by atoms with Gasteiger partial charge in [0.15, 0.2) is 5.96 Å². The zero-order chi connectivity index (χ0) is 17.1. The predicted octanol–water partition coefficient (Wildman–Crippen LogP) is 3.60. The summed E-state index contributed by atoms with van der Waals surface area (Å²) in [6.45, 7) is 10.5. The Kier molecular flexibility index (Phi) is 13.5. The molecule has 0 saturated heterocycles. The molecule has 6 heteroatoms. The van der Waals surface area contributed by atoms with E-state index in [4.69, 9.17) is 0 Å². The highest BCUT2D eigenvalue weighted by Gasteiger charge is 2.18. The van der Waals surface area contributed by atoms with Gasteiger partial charge in [0.05, 0.1) is 6.04 Å². The molecule has 0 aromatic heterocycles. The van der Waals surface area contributed by atoms with Gasteiger partial charge in [-0.25, -0.2) is 0 Å². The number of benzene rings is 1. The van der Waals surface area contributed by atoms with Gasteiger partial charge in [-0.05, 0) is 24.9 Å². The summed E-state index contributed by atoms with van der Waals surface area (Å²) < 4.78 is 0. The number of likely N-dealkylation sites (N-methyl/N-ethyl adjacent to an activating group) is 1. The normalized spacial score (nSPS) is 14.0. The second-order valence-electron chi connectivity index (χ2n) is 5.53. The lowest BCUT2D eigenvalue weighted by atomic mass is 10.1. The van der Waals surface area contributed by atoms with Crippen molar-refractivity contribution in [3.8, 4) is 0 Å². The van der Waals surface area contributed by atoms with Gasteiger partial charge in [-0.3, -0.25) is 9.89 Å². The SMILES string of the molecule is CCN(CC)C(CNC(=NC)NCC(C)SC)c1ccccc1.I. The van der Waals surface area contributed by atoms with Crippen molar-refractivity contribution in [2.24, 2.45) is 4.99 Å². The minimum Gasteiger partial charge on any atom is -0.355 e. The van der Waals surface area contributed by atoms with Gasteiger partial charge in [0.2, 0.25) is 0 Å². The molecule has 0 spiro atoms. The van der Waals surface area contributed by atoms with Crippen LogP contribution in [-0.2, 0) is 0 Å². The van der Waals surface area contributed by atoms with E-state index in [9.17, 15) is 0 Å². The molecule has 0 amide bonds. The molecule has 2 unspecified atom stereocenters. The molecule has 0 aliphatic carbocycles. The lowest BCUT2D eigenvalue weighted by Crippen LogP contribution is -2.44. The summed E-state index contributed by atoms with van der Waals surface area (Å²) in [7, 11) is 1.83. The lowest BCUT2D eigenvalue weighted by Gasteiger charge is -2.31. The smallest absolute Gasteiger partial charge is 0.191 e. The number of halogens is 1. The molecule has 4 nitrogen and oxygen atoms in total. The number of nitrogens with zero attached hydrogens (tertiary/aromatic N) is 2. The van der Waals surface area contributed by atoms with Crippen molar-refractivity contribution in [3.05, 3.63) is 35.9 Å². The Labute approximate surface area is 169 Å². The fourth-order valence-corrected chi connectivity index (χ4v) is 2.79. The average molecular weight is 464 g/mol. The molecule has 0 aliphatic rings. The van der Waals surface area contributed by atoms with E-state index in [1.165, 1.54) is 5.56 Å². The molecule has 0 aliphatic heterocycles. The quantitative estimate of drug-likeness (QED) is 0.333. The molecule has 0 radical (unpaired) electrons. The van der Waals surface area contributed by atoms with Crippen molar-refractivity contribution >= 4 is 41.7 Å². The van der Waals surface area contributed by atoms with E-state index in [2.05, 4.69) is 77.9 Å². The van der Waals surface area contributed by atoms with Crippen LogP contribution in [0, 0.1) is 0 Å². The van der Waals surface area contributed by atoms with Crippen LogP contribution in [0.4, 0.5) is 0 Å². The van der Waals surface area contributed by atoms with Gasteiger partial charge in [0, 0.05) is 25.4 Å². The van der Waals surface area contributed by atoms with Crippen LogP contribution in [0.5, 0.6) is 0 Å². The van der Waals surface area contributed by atoms with Crippen LogP contribution in [0.25, 0.3) is 0 Å². The summed E-state index contributed by atoms with van der Waals surface area (Å²) in [5.74, 6) is 0.874. The molecule has 1 aromatic carbocycles. The summed E-state index contributed by atoms with van der Waals surface area (Å²) in [6, 6.07) is 11.1. The van der Waals surface area contributed by atoms with Crippen LogP contribution in [0.1, 0.15) is 32.4 Å². The van der Waals surface area contributed by atoms with Crippen LogP contribution in [0.3, 0.4) is 0 Å². The fourth-order valence-electron chi connectivity index (χ4n) is 2.54. The number of nitrogens with one attached hydrogen (secondary N) is 2. The van der Waals surface area contributed by atoms with E-state index in [0.29, 0.717) is 11.3 Å². The fraction of sp³-hybridized carbons (Fsp3) is 0.611. The Morgan fingerprint density at radius 1 is 1.12 bits per heavy atom. The van der Waals surface area contributed by atoms with Crippen molar-refractivity contribution in [2.45, 2.75) is 32.1 Å². The summed E-state index contributed by atoms with van der Waals surface area (Å²) in [5.41, 5.74) is 1.34. The second-order valence-corrected chi connectivity index (χ2v) is 6.80. The van der Waals surface area contributed by atoms with Crippen molar-refractivity contribution in [2.75, 3.05) is 39.5 Å². The highest BCUT2D eigenvalue weighted by Crippen LogP contribution is 2.19. The number of aliphatic imine (C=N–C) groups is 1. The lowest BCUT2D eigenvalue weighted by molar-refractivity contribution is 0.219. The van der Waals surface area contributed by atoms with Crippen LogP contribution in [-0.4, -0.2) is 55.6 Å². The van der Waals surface area contributed by atoms with Gasteiger partial charge in [-0.2, -0.15) is 11.8 Å². The Balaban J connectivity index is 0.00000529. The molecule has 24 heavy (non-hydrogen) atoms. The van der Waals surface area contributed by atoms with Crippen LogP contribution in [0.15, 0.2) is 35.3 Å². The molecular formula is C18H33IN4S. The number of hydrogen-bond acceptors (Lipinski definition) is 3. The van der Waals surface area contributed by atoms with Gasteiger partial charge in [-0.15, -0.1) is 24.0 Å². The third-order valence-electron chi connectivity index (χ3n) is 4.08. The predicted molar refractivity (Wildman–Crippen MR) is 120 cm³/mol. The van der Waals surface area contributed by atoms with E-state index in [1.807, 2.05) is 18.8 Å². The minimum atomic E-state index is 0. The van der Waals surface area contributed by atoms with Gasteiger partial charge in [-0.1, -0.05) is 51.1 Å². The molecule has 0 heterocycles. The van der Waals surface area contributed by atoms with Crippen molar-refractivity contribution in [1.82, 2.24) is 15.5 Å². The molecule has 2 atom stereocenters. The first-order chi connectivity index (χ1) is 11.2. The third kappa shape index (κ3) is 8.07. The summed E-state index contributed by atoms with van der Waals surface area (Å²) in [6.07, 6.45) is 2.13. The van der Waals surface area contributed by atoms with E-state index >= 15 is 0 Å². The van der Waals surface area contributed by atoms with E-state index in [-0.39, 0.29) is 24.0 Å². The van der Waals surface area contributed by atoms with Crippen LogP contribution >= 0.6 is 35.7 Å². The van der Waals surface area contributed by atoms with E-state index < -0.39 is 0 Å². The van der Waals surface area contributed by atoms with E-state index in [1.54, 1.807) is 0 Å². The van der Waals surface area contributed by atoms with Crippen molar-refractivity contribution < 1.29 is 0 Å². The molecule has 0 saturated carbocycles. The molecular weight excluding hydrogens is 431 g/mol. The number of rotatable bonds is 9. The summed E-state index contributed by atoms with van der Waals surface area (Å²) in [5, 5.41) is 7.46. The van der Waals surface area contributed by atoms with E-state index in [0.717, 1.165) is 32.1 Å². The first-order valence-electron chi connectivity index (χ1n) is 8.42. The third-order valence-corrected chi connectivity index (χ3v) is 5.05. The maximum atomic E-state index is 4.34. The van der Waals surface area contributed by atoms with Gasteiger partial charge < -0.3 is 10.6 Å². The topological polar surface area (TPSA) is 39.7 Å². The summed E-state index contributed by atoms with van der Waals surface area (Å²) in [4.78, 5) is 6.81. The van der Waals surface area contributed by atoms with Crippen LogP contribution < -0.4 is 10.6 Å². The highest BCUT2D eigenvalue weighted by molar-refractivity contribution is 14.0. The van der Waals surface area contributed by atoms with Crippen molar-refractivity contribution in [1.29, 1.82) is 0 Å². The first kappa shape index (κ1) is 23.5. The molecule has 2 N–H and O–H groups in total. The minimum absolute atomic E-state index is 0. The molecule has 0 bridgehead atoms. The average Bonchev–Trinajstić information content (AvgIpc) is 2.61. The number of guanidine groups is 1. The standard InChI is InChI=1S/C18H32N4S.HI/c1-6-22(7-2)17(16-11-9-8-10-12-16)14-21-18(19-4)20-13-15(3)23-5;/h8-12,15,17H,6-7,13-14H2,1-5H3,(H2,19,20,21);1H. The molecule has 138 valence electrons. The summed E-state index contributed by atoms with van der Waals surface area (Å²) >= 11 is 1.86. The van der Waals surface area contributed by atoms with Gasteiger partial charge in [0.25, 0.3) is 0 Å². The molecule has 1 aromatic rings. The molecule has 0 fully saturated rings. The highest BCUT2D eigenvalue weighted by atomic mass is 127.